The highest BCUT2D eigenvalue weighted by Crippen LogP contribution is 2.27. The number of carbonyl (C=O) groups excluding carboxylic acids is 1. The van der Waals surface area contributed by atoms with E-state index in [1.807, 2.05) is 0 Å². The number of aliphatic hydroxyl groups is 2. The van der Waals surface area contributed by atoms with Gasteiger partial charge in [-0.15, -0.1) is 0 Å². The second-order valence-electron chi connectivity index (χ2n) is 4.87. The van der Waals surface area contributed by atoms with E-state index in [0.29, 0.717) is 6.42 Å². The Labute approximate surface area is 103 Å². The fraction of sp³-hybridized carbons (Fsp3) is 0.923. The summed E-state index contributed by atoms with van der Waals surface area (Å²) in [4.78, 5) is 11.4. The van der Waals surface area contributed by atoms with Crippen molar-refractivity contribution in [3.8, 4) is 0 Å². The number of ether oxygens (including phenoxy) is 1. The molecule has 3 atom stereocenters. The molecule has 0 amide bonds. The zero-order valence-electron chi connectivity index (χ0n) is 10.6. The third-order valence-corrected chi connectivity index (χ3v) is 3.47. The fourth-order valence-electron chi connectivity index (χ4n) is 2.36. The Morgan fingerprint density at radius 1 is 1.35 bits per heavy atom. The number of hydrogen-bond acceptors (Lipinski definition) is 4. The number of rotatable bonds is 8. The maximum Gasteiger partial charge on any atom is 0.312 e. The Kier molecular flexibility index (Phi) is 6.52. The average Bonchev–Trinajstić information content (AvgIpc) is 2.70. The number of esters is 1. The Morgan fingerprint density at radius 3 is 2.71 bits per heavy atom. The molecule has 4 nitrogen and oxygen atoms in total. The minimum Gasteiger partial charge on any atom is -0.465 e. The van der Waals surface area contributed by atoms with Gasteiger partial charge in [0.05, 0.1) is 25.2 Å². The van der Waals surface area contributed by atoms with Crippen molar-refractivity contribution in [2.75, 3.05) is 13.2 Å². The number of carbonyl (C=O) groups is 1. The quantitative estimate of drug-likeness (QED) is 0.501. The molecule has 17 heavy (non-hydrogen) atoms. The van der Waals surface area contributed by atoms with Gasteiger partial charge < -0.3 is 14.9 Å². The van der Waals surface area contributed by atoms with E-state index in [9.17, 15) is 9.90 Å². The Bertz CT molecular complexity index is 229. The van der Waals surface area contributed by atoms with E-state index in [1.54, 1.807) is 0 Å². The van der Waals surface area contributed by atoms with Gasteiger partial charge in [0, 0.05) is 5.92 Å². The van der Waals surface area contributed by atoms with E-state index in [2.05, 4.69) is 6.92 Å². The topological polar surface area (TPSA) is 66.8 Å². The molecule has 0 unspecified atom stereocenters. The fourth-order valence-corrected chi connectivity index (χ4v) is 2.36. The zero-order valence-corrected chi connectivity index (χ0v) is 10.6. The van der Waals surface area contributed by atoms with Crippen molar-refractivity contribution in [2.45, 2.75) is 51.6 Å². The van der Waals surface area contributed by atoms with Crippen LogP contribution in [0.1, 0.15) is 45.4 Å². The lowest BCUT2D eigenvalue weighted by Crippen LogP contribution is -2.31. The van der Waals surface area contributed by atoms with Crippen LogP contribution in [0, 0.1) is 11.8 Å². The van der Waals surface area contributed by atoms with Gasteiger partial charge in [-0.1, -0.05) is 39.0 Å². The molecule has 0 aromatic carbocycles. The normalized spacial score (nSPS) is 25.9. The molecule has 0 aliphatic carbocycles. The van der Waals surface area contributed by atoms with Crippen LogP contribution >= 0.6 is 0 Å². The van der Waals surface area contributed by atoms with Gasteiger partial charge in [0.15, 0.2) is 0 Å². The molecule has 0 radical (unpaired) electrons. The largest absolute Gasteiger partial charge is 0.465 e. The molecule has 1 aliphatic rings. The molecule has 4 heteroatoms. The summed E-state index contributed by atoms with van der Waals surface area (Å²) in [6, 6.07) is 0. The predicted molar refractivity (Wildman–Crippen MR) is 64.4 cm³/mol. The second kappa shape index (κ2) is 7.67. The smallest absolute Gasteiger partial charge is 0.312 e. The van der Waals surface area contributed by atoms with Gasteiger partial charge in [0.25, 0.3) is 0 Å². The number of aliphatic hydroxyl groups excluding tert-OH is 2. The molecule has 0 bridgehead atoms. The van der Waals surface area contributed by atoms with Gasteiger partial charge in [0.1, 0.15) is 0 Å². The van der Waals surface area contributed by atoms with Gasteiger partial charge in [0.2, 0.25) is 0 Å². The summed E-state index contributed by atoms with van der Waals surface area (Å²) < 4.78 is 4.88. The molecule has 1 heterocycles. The average molecular weight is 244 g/mol. The van der Waals surface area contributed by atoms with E-state index in [0.717, 1.165) is 12.8 Å². The molecule has 1 saturated heterocycles. The molecule has 2 N–H and O–H groups in total. The first-order valence-corrected chi connectivity index (χ1v) is 6.66. The van der Waals surface area contributed by atoms with Crippen LogP contribution in [-0.4, -0.2) is 35.5 Å². The molecule has 0 aromatic rings. The first kappa shape index (κ1) is 14.5. The molecule has 0 aromatic heterocycles. The molecular weight excluding hydrogens is 220 g/mol. The number of hydrogen-bond donors (Lipinski definition) is 2. The molecule has 1 aliphatic heterocycles. The van der Waals surface area contributed by atoms with Crippen LogP contribution in [0.15, 0.2) is 0 Å². The maximum absolute atomic E-state index is 11.4. The van der Waals surface area contributed by atoms with Gasteiger partial charge in [-0.2, -0.15) is 0 Å². The summed E-state index contributed by atoms with van der Waals surface area (Å²) in [5.41, 5.74) is 0. The first-order chi connectivity index (χ1) is 8.20. The number of cyclic esters (lactones) is 1. The van der Waals surface area contributed by atoms with Crippen LogP contribution < -0.4 is 0 Å². The summed E-state index contributed by atoms with van der Waals surface area (Å²) in [7, 11) is 0. The number of unbranched alkanes of at least 4 members (excludes halogenated alkanes) is 4. The van der Waals surface area contributed by atoms with E-state index in [1.165, 1.54) is 19.3 Å². The van der Waals surface area contributed by atoms with Crippen LogP contribution in [0.2, 0.25) is 0 Å². The first-order valence-electron chi connectivity index (χ1n) is 6.66. The van der Waals surface area contributed by atoms with Crippen molar-refractivity contribution in [3.05, 3.63) is 0 Å². The summed E-state index contributed by atoms with van der Waals surface area (Å²) >= 11 is 0. The molecule has 100 valence electrons. The lowest BCUT2D eigenvalue weighted by Gasteiger charge is -2.19. The van der Waals surface area contributed by atoms with E-state index in [-0.39, 0.29) is 25.1 Å². The van der Waals surface area contributed by atoms with Crippen molar-refractivity contribution < 1.29 is 19.7 Å². The highest BCUT2D eigenvalue weighted by atomic mass is 16.5. The highest BCUT2D eigenvalue weighted by molar-refractivity contribution is 5.75. The summed E-state index contributed by atoms with van der Waals surface area (Å²) in [6.45, 7) is 2.31. The molecule has 1 rings (SSSR count). The predicted octanol–water partition coefficient (Wildman–Crippen LogP) is 1.49. The third-order valence-electron chi connectivity index (χ3n) is 3.47. The molecule has 0 spiro atoms. The SMILES string of the molecule is CCCCCCC[C@@H](O)[C@@H]1C(=O)OC[C@H]1CO. The van der Waals surface area contributed by atoms with Gasteiger partial charge >= 0.3 is 5.97 Å². The van der Waals surface area contributed by atoms with Crippen molar-refractivity contribution >= 4 is 5.97 Å². The van der Waals surface area contributed by atoms with Gasteiger partial charge in [-0.05, 0) is 6.42 Å². The lowest BCUT2D eigenvalue weighted by atomic mass is 9.88. The lowest BCUT2D eigenvalue weighted by molar-refractivity contribution is -0.144. The van der Waals surface area contributed by atoms with Crippen molar-refractivity contribution in [1.82, 2.24) is 0 Å². The Hall–Kier alpha value is -0.610. The van der Waals surface area contributed by atoms with Crippen LogP contribution in [-0.2, 0) is 9.53 Å². The van der Waals surface area contributed by atoms with Gasteiger partial charge in [-0.25, -0.2) is 0 Å². The highest BCUT2D eigenvalue weighted by Gasteiger charge is 2.40. The third kappa shape index (κ3) is 4.28. The summed E-state index contributed by atoms with van der Waals surface area (Å²) in [6.07, 6.45) is 5.59. The van der Waals surface area contributed by atoms with Gasteiger partial charge in [-0.3, -0.25) is 4.79 Å². The second-order valence-corrected chi connectivity index (χ2v) is 4.87. The van der Waals surface area contributed by atoms with Crippen molar-refractivity contribution in [1.29, 1.82) is 0 Å². The summed E-state index contributed by atoms with van der Waals surface area (Å²) in [5, 5.41) is 19.1. The maximum atomic E-state index is 11.4. The zero-order chi connectivity index (χ0) is 12.7. The summed E-state index contributed by atoms with van der Waals surface area (Å²) in [5.74, 6) is -1.11. The van der Waals surface area contributed by atoms with E-state index < -0.39 is 12.0 Å². The van der Waals surface area contributed by atoms with Crippen LogP contribution in [0.4, 0.5) is 0 Å². The van der Waals surface area contributed by atoms with E-state index in [4.69, 9.17) is 9.84 Å². The Balaban J connectivity index is 2.25. The minimum atomic E-state index is -0.663. The minimum absolute atomic E-state index is 0.0939. The van der Waals surface area contributed by atoms with Crippen LogP contribution in [0.3, 0.4) is 0 Å². The molecular formula is C13H24O4. The monoisotopic (exact) mass is 244 g/mol. The van der Waals surface area contributed by atoms with Crippen LogP contribution in [0.5, 0.6) is 0 Å². The van der Waals surface area contributed by atoms with Crippen LogP contribution in [0.25, 0.3) is 0 Å². The van der Waals surface area contributed by atoms with Crippen molar-refractivity contribution in [3.63, 3.8) is 0 Å². The molecule has 1 fully saturated rings. The standard InChI is InChI=1S/C13H24O4/c1-2-3-4-5-6-7-11(15)12-10(8-14)9-17-13(12)16/h10-12,14-15H,2-9H2,1H3/t10-,11-,12-/m1/s1. The molecule has 0 saturated carbocycles. The Morgan fingerprint density at radius 2 is 2.06 bits per heavy atom. The van der Waals surface area contributed by atoms with Crippen molar-refractivity contribution in [2.24, 2.45) is 11.8 Å². The van der Waals surface area contributed by atoms with E-state index >= 15 is 0 Å².